The van der Waals surface area contributed by atoms with E-state index in [1.165, 1.54) is 11.3 Å². The predicted molar refractivity (Wildman–Crippen MR) is 95.4 cm³/mol. The summed E-state index contributed by atoms with van der Waals surface area (Å²) in [5.41, 5.74) is 2.42. The summed E-state index contributed by atoms with van der Waals surface area (Å²) in [5, 5.41) is 2.78. The molecule has 1 aromatic carbocycles. The molecular weight excluding hydrogens is 342 g/mol. The molecule has 124 valence electrons. The van der Waals surface area contributed by atoms with Crippen LogP contribution in [0.3, 0.4) is 0 Å². The van der Waals surface area contributed by atoms with Crippen molar-refractivity contribution in [2.45, 2.75) is 18.2 Å². The predicted octanol–water partition coefficient (Wildman–Crippen LogP) is 3.03. The van der Waals surface area contributed by atoms with Gasteiger partial charge in [0.1, 0.15) is 5.01 Å². The molecule has 0 radical (unpaired) electrons. The number of sulfonamides is 1. The van der Waals surface area contributed by atoms with Crippen molar-refractivity contribution in [3.05, 3.63) is 65.3 Å². The molecule has 5 nitrogen and oxygen atoms in total. The maximum absolute atomic E-state index is 12.3. The van der Waals surface area contributed by atoms with Gasteiger partial charge in [-0.3, -0.25) is 4.98 Å². The fourth-order valence-electron chi connectivity index (χ4n) is 2.28. The molecule has 0 bridgehead atoms. The molecule has 0 amide bonds. The minimum absolute atomic E-state index is 0.308. The smallest absolute Gasteiger partial charge is 0.240 e. The topological polar surface area (TPSA) is 72.0 Å². The van der Waals surface area contributed by atoms with Crippen LogP contribution in [-0.2, 0) is 16.4 Å². The number of aryl methyl sites for hydroxylation is 1. The van der Waals surface area contributed by atoms with Crippen molar-refractivity contribution in [2.24, 2.45) is 0 Å². The lowest BCUT2D eigenvalue weighted by Gasteiger charge is -2.08. The second-order valence-corrected chi connectivity index (χ2v) is 7.87. The zero-order valence-corrected chi connectivity index (χ0v) is 14.8. The van der Waals surface area contributed by atoms with Gasteiger partial charge < -0.3 is 0 Å². The lowest BCUT2D eigenvalue weighted by atomic mass is 10.2. The minimum atomic E-state index is -3.49. The van der Waals surface area contributed by atoms with Crippen molar-refractivity contribution in [3.8, 4) is 10.7 Å². The Hall–Kier alpha value is -2.09. The van der Waals surface area contributed by atoms with Gasteiger partial charge in [-0.25, -0.2) is 18.1 Å². The van der Waals surface area contributed by atoms with Crippen molar-refractivity contribution in [3.63, 3.8) is 0 Å². The largest absolute Gasteiger partial charge is 0.254 e. The van der Waals surface area contributed by atoms with Crippen molar-refractivity contribution in [1.82, 2.24) is 14.7 Å². The van der Waals surface area contributed by atoms with Gasteiger partial charge in [-0.1, -0.05) is 24.3 Å². The van der Waals surface area contributed by atoms with Crippen LogP contribution in [0.15, 0.2) is 58.9 Å². The van der Waals surface area contributed by atoms with Crippen molar-refractivity contribution < 1.29 is 8.42 Å². The molecule has 0 saturated heterocycles. The van der Waals surface area contributed by atoms with Gasteiger partial charge in [-0.2, -0.15) is 0 Å². The zero-order chi connectivity index (χ0) is 17.0. The van der Waals surface area contributed by atoms with Gasteiger partial charge in [0.05, 0.1) is 16.3 Å². The molecule has 0 aliphatic rings. The summed E-state index contributed by atoms with van der Waals surface area (Å²) < 4.78 is 27.3. The van der Waals surface area contributed by atoms with Gasteiger partial charge in [0.25, 0.3) is 0 Å². The Morgan fingerprint density at radius 3 is 2.67 bits per heavy atom. The molecule has 3 aromatic rings. The lowest BCUT2D eigenvalue weighted by molar-refractivity contribution is 0.581. The normalized spacial score (nSPS) is 11.5. The zero-order valence-electron chi connectivity index (χ0n) is 13.1. The number of nitrogens with one attached hydrogen (secondary N) is 1. The maximum Gasteiger partial charge on any atom is 0.240 e. The molecule has 0 fully saturated rings. The first-order valence-electron chi connectivity index (χ1n) is 7.47. The van der Waals surface area contributed by atoms with Gasteiger partial charge in [0.15, 0.2) is 0 Å². The summed E-state index contributed by atoms with van der Waals surface area (Å²) in [6.45, 7) is 2.09. The molecule has 2 heterocycles. The van der Waals surface area contributed by atoms with Crippen molar-refractivity contribution >= 4 is 21.4 Å². The Balaban J connectivity index is 1.63. The number of hydrogen-bond donors (Lipinski definition) is 1. The van der Waals surface area contributed by atoms with Gasteiger partial charge in [0, 0.05) is 24.5 Å². The molecule has 1 N–H and O–H groups in total. The molecular formula is C17H17N3O2S2. The van der Waals surface area contributed by atoms with Crippen LogP contribution in [0, 0.1) is 6.92 Å². The SMILES string of the molecule is Cc1ccccc1S(=O)(=O)NCCc1csc(-c2ccccn2)n1. The Morgan fingerprint density at radius 1 is 1.12 bits per heavy atom. The van der Waals surface area contributed by atoms with Gasteiger partial charge in [-0.15, -0.1) is 11.3 Å². The van der Waals surface area contributed by atoms with Crippen LogP contribution in [0.1, 0.15) is 11.3 Å². The molecule has 0 aliphatic heterocycles. The third kappa shape index (κ3) is 3.87. The number of thiazole rings is 1. The summed E-state index contributed by atoms with van der Waals surface area (Å²) >= 11 is 1.51. The number of pyridine rings is 1. The van der Waals surface area contributed by atoms with E-state index in [-0.39, 0.29) is 0 Å². The van der Waals surface area contributed by atoms with Crippen LogP contribution < -0.4 is 4.72 Å². The van der Waals surface area contributed by atoms with Crippen LogP contribution in [-0.4, -0.2) is 24.9 Å². The third-order valence-electron chi connectivity index (χ3n) is 3.49. The molecule has 0 aliphatic carbocycles. The van der Waals surface area contributed by atoms with E-state index < -0.39 is 10.0 Å². The van der Waals surface area contributed by atoms with Crippen LogP contribution >= 0.6 is 11.3 Å². The van der Waals surface area contributed by atoms with E-state index in [4.69, 9.17) is 0 Å². The first-order valence-corrected chi connectivity index (χ1v) is 9.84. The fraction of sp³-hybridized carbons (Fsp3) is 0.176. The van der Waals surface area contributed by atoms with Gasteiger partial charge >= 0.3 is 0 Å². The lowest BCUT2D eigenvalue weighted by Crippen LogP contribution is -2.26. The first-order chi connectivity index (χ1) is 11.6. The number of hydrogen-bond acceptors (Lipinski definition) is 5. The number of nitrogens with zero attached hydrogens (tertiary/aromatic N) is 2. The Labute approximate surface area is 145 Å². The molecule has 0 unspecified atom stereocenters. The average molecular weight is 359 g/mol. The van der Waals surface area contributed by atoms with E-state index in [9.17, 15) is 8.42 Å². The van der Waals surface area contributed by atoms with Gasteiger partial charge in [-0.05, 0) is 30.7 Å². The highest BCUT2D eigenvalue weighted by atomic mass is 32.2. The second-order valence-electron chi connectivity index (χ2n) is 5.27. The summed E-state index contributed by atoms with van der Waals surface area (Å²) in [6.07, 6.45) is 2.27. The summed E-state index contributed by atoms with van der Waals surface area (Å²) in [4.78, 5) is 9.10. The molecule has 2 aromatic heterocycles. The summed E-state index contributed by atoms with van der Waals surface area (Å²) in [7, 11) is -3.49. The van der Waals surface area contributed by atoms with E-state index >= 15 is 0 Å². The van der Waals surface area contributed by atoms with Crippen molar-refractivity contribution in [2.75, 3.05) is 6.54 Å². The molecule has 3 rings (SSSR count). The fourth-order valence-corrected chi connectivity index (χ4v) is 4.38. The molecule has 24 heavy (non-hydrogen) atoms. The molecule has 7 heteroatoms. The van der Waals surface area contributed by atoms with Crippen molar-refractivity contribution in [1.29, 1.82) is 0 Å². The van der Waals surface area contributed by atoms with Crippen LogP contribution in [0.4, 0.5) is 0 Å². The van der Waals surface area contributed by atoms with E-state index in [1.54, 1.807) is 31.3 Å². The van der Waals surface area contributed by atoms with Crippen LogP contribution in [0.2, 0.25) is 0 Å². The Bertz CT molecular complexity index is 922. The maximum atomic E-state index is 12.3. The standard InChI is InChI=1S/C17H17N3O2S2/c1-13-6-2-3-8-16(13)24(21,22)19-11-9-14-12-23-17(20-14)15-7-4-5-10-18-15/h2-8,10,12,19H,9,11H2,1H3. The van der Waals surface area contributed by atoms with Gasteiger partial charge in [0.2, 0.25) is 10.0 Å². The third-order valence-corrected chi connectivity index (χ3v) is 6.03. The number of benzene rings is 1. The second kappa shape index (κ2) is 7.21. The summed E-state index contributed by atoms with van der Waals surface area (Å²) in [6, 6.07) is 12.6. The van der Waals surface area contributed by atoms with E-state index in [2.05, 4.69) is 14.7 Å². The summed E-state index contributed by atoms with van der Waals surface area (Å²) in [5.74, 6) is 0. The Kier molecular flexibility index (Phi) is 5.03. The Morgan fingerprint density at radius 2 is 1.92 bits per heavy atom. The molecule has 0 spiro atoms. The minimum Gasteiger partial charge on any atom is -0.254 e. The van der Waals surface area contributed by atoms with E-state index in [0.29, 0.717) is 17.9 Å². The van der Waals surface area contributed by atoms with Crippen LogP contribution in [0.5, 0.6) is 0 Å². The highest BCUT2D eigenvalue weighted by Crippen LogP contribution is 2.21. The first kappa shape index (κ1) is 16.8. The van der Waals surface area contributed by atoms with E-state index in [0.717, 1.165) is 22.0 Å². The number of aromatic nitrogens is 2. The monoisotopic (exact) mass is 359 g/mol. The molecule has 0 atom stereocenters. The van der Waals surface area contributed by atoms with E-state index in [1.807, 2.05) is 29.6 Å². The highest BCUT2D eigenvalue weighted by molar-refractivity contribution is 7.89. The van der Waals surface area contributed by atoms with Crippen LogP contribution in [0.25, 0.3) is 10.7 Å². The quantitative estimate of drug-likeness (QED) is 0.734. The molecule has 0 saturated carbocycles. The highest BCUT2D eigenvalue weighted by Gasteiger charge is 2.15. The average Bonchev–Trinajstić information content (AvgIpc) is 3.05. The number of rotatable bonds is 6.